The fourth-order valence-corrected chi connectivity index (χ4v) is 8.55. The minimum absolute atomic E-state index is 0.157. The molecule has 0 aromatic heterocycles. The van der Waals surface area contributed by atoms with Crippen molar-refractivity contribution in [3.05, 3.63) is 97.1 Å². The Morgan fingerprint density at radius 3 is 2.02 bits per heavy atom. The lowest BCUT2D eigenvalue weighted by Gasteiger charge is -2.40. The molecule has 45 heavy (non-hydrogen) atoms. The van der Waals surface area contributed by atoms with Crippen LogP contribution in [0.1, 0.15) is 37.8 Å². The Hall–Kier alpha value is -3.27. The maximum Gasteiger partial charge on any atom is 0.249 e. The normalized spacial score (nSPS) is 27.4. The number of likely N-dealkylation sites (tertiary alicyclic amines) is 1. The van der Waals surface area contributed by atoms with Gasteiger partial charge in [-0.15, -0.1) is 13.2 Å². The van der Waals surface area contributed by atoms with Gasteiger partial charge in [-0.05, 0) is 29.9 Å². The molecular formula is C36H44BrN3O5. The van der Waals surface area contributed by atoms with E-state index in [0.717, 1.165) is 11.1 Å². The van der Waals surface area contributed by atoms with Gasteiger partial charge in [0.25, 0.3) is 0 Å². The largest absolute Gasteiger partial charge is 0.394 e. The first-order valence-corrected chi connectivity index (χ1v) is 16.7. The third-order valence-corrected chi connectivity index (χ3v) is 10.2. The average Bonchev–Trinajstić information content (AvgIpc) is 3.63. The Morgan fingerprint density at radius 1 is 1.00 bits per heavy atom. The number of amides is 3. The van der Waals surface area contributed by atoms with E-state index in [1.807, 2.05) is 74.5 Å². The Labute approximate surface area is 274 Å². The summed E-state index contributed by atoms with van der Waals surface area (Å²) in [5, 5.41) is 10.6. The van der Waals surface area contributed by atoms with Crippen LogP contribution in [0.3, 0.4) is 0 Å². The van der Waals surface area contributed by atoms with Crippen LogP contribution in [0, 0.1) is 17.8 Å². The smallest absolute Gasteiger partial charge is 0.249 e. The lowest BCUT2D eigenvalue weighted by Crippen LogP contribution is -2.59. The molecule has 240 valence electrons. The van der Waals surface area contributed by atoms with Gasteiger partial charge in [0.2, 0.25) is 17.7 Å². The maximum absolute atomic E-state index is 14.8. The van der Waals surface area contributed by atoms with Crippen molar-refractivity contribution in [2.45, 2.75) is 68.4 Å². The van der Waals surface area contributed by atoms with Gasteiger partial charge in [-0.3, -0.25) is 14.4 Å². The number of fused-ring (bicyclic) bond motifs is 1. The summed E-state index contributed by atoms with van der Waals surface area (Å²) in [5.41, 5.74) is 0.690. The zero-order chi connectivity index (χ0) is 32.3. The molecule has 3 fully saturated rings. The van der Waals surface area contributed by atoms with Crippen LogP contribution in [0.15, 0.2) is 86.0 Å². The Balaban J connectivity index is 1.57. The van der Waals surface area contributed by atoms with E-state index in [1.54, 1.807) is 26.9 Å². The second-order valence-corrected chi connectivity index (χ2v) is 14.0. The SMILES string of the molecule is C=CCN(Cc1ccccc1)C(=O)C1N([C@@H](CO)CC(C)C)C(=O)[C@@H]2[C@H](C(=O)N(CC=C)Cc3ccccc3)[C@H]3OC12CC3Br. The lowest BCUT2D eigenvalue weighted by atomic mass is 9.70. The molecule has 3 saturated heterocycles. The minimum atomic E-state index is -1.22. The summed E-state index contributed by atoms with van der Waals surface area (Å²) in [5.74, 6) is -2.26. The average molecular weight is 679 g/mol. The van der Waals surface area contributed by atoms with Gasteiger partial charge in [0.1, 0.15) is 11.6 Å². The first kappa shape index (κ1) is 33.1. The number of hydrogen-bond donors (Lipinski definition) is 1. The van der Waals surface area contributed by atoms with Crippen molar-refractivity contribution in [2.75, 3.05) is 19.7 Å². The molecule has 2 aromatic rings. The minimum Gasteiger partial charge on any atom is -0.394 e. The molecule has 7 atom stereocenters. The zero-order valence-corrected chi connectivity index (χ0v) is 27.7. The molecule has 9 heteroatoms. The number of nitrogens with zero attached hydrogens (tertiary/aromatic N) is 3. The number of benzene rings is 2. The van der Waals surface area contributed by atoms with Crippen LogP contribution in [0.5, 0.6) is 0 Å². The molecule has 2 bridgehead atoms. The number of hydrogen-bond acceptors (Lipinski definition) is 5. The van der Waals surface area contributed by atoms with E-state index in [2.05, 4.69) is 29.1 Å². The molecular weight excluding hydrogens is 634 g/mol. The van der Waals surface area contributed by atoms with Gasteiger partial charge < -0.3 is 24.5 Å². The number of aliphatic hydroxyl groups is 1. The Bertz CT molecular complexity index is 1390. The number of alkyl halides is 1. The molecule has 0 aliphatic carbocycles. The summed E-state index contributed by atoms with van der Waals surface area (Å²) in [6, 6.07) is 17.8. The van der Waals surface area contributed by atoms with E-state index >= 15 is 0 Å². The monoisotopic (exact) mass is 677 g/mol. The third-order valence-electron chi connectivity index (χ3n) is 9.35. The van der Waals surface area contributed by atoms with Crippen LogP contribution in [-0.4, -0.2) is 85.8 Å². The second kappa shape index (κ2) is 14.0. The van der Waals surface area contributed by atoms with Crippen molar-refractivity contribution in [1.82, 2.24) is 14.7 Å². The van der Waals surface area contributed by atoms with Gasteiger partial charge in [0.05, 0.1) is 30.6 Å². The van der Waals surface area contributed by atoms with E-state index in [9.17, 15) is 19.5 Å². The van der Waals surface area contributed by atoms with Gasteiger partial charge >= 0.3 is 0 Å². The standard InChI is InChI=1S/C36H44BrN3O5/c1-5-17-38(21-25-13-9-7-10-14-25)33(42)29-30-34(43)40(27(23-41)19-24(3)4)32(36(30)20-28(37)31(29)45-36)35(44)39(18-6-2)22-26-15-11-8-12-16-26/h5-16,24,27-32,41H,1-2,17-23H2,3-4H3/t27-,28?,29+,30+,31+,32?,36?/m1/s1. The number of ether oxygens (including phenoxy) is 1. The number of aliphatic hydroxyl groups excluding tert-OH is 1. The first-order valence-electron chi connectivity index (χ1n) is 15.8. The van der Waals surface area contributed by atoms with Gasteiger partial charge in [-0.2, -0.15) is 0 Å². The second-order valence-electron chi connectivity index (χ2n) is 12.9. The molecule has 8 nitrogen and oxygen atoms in total. The summed E-state index contributed by atoms with van der Waals surface area (Å²) in [7, 11) is 0. The molecule has 3 aliphatic rings. The number of carbonyl (C=O) groups is 3. The molecule has 3 aliphatic heterocycles. The summed E-state index contributed by atoms with van der Waals surface area (Å²) < 4.78 is 6.78. The molecule has 0 saturated carbocycles. The Kier molecular flexibility index (Phi) is 10.3. The zero-order valence-electron chi connectivity index (χ0n) is 26.1. The summed E-state index contributed by atoms with van der Waals surface area (Å²) in [4.78, 5) is 48.7. The van der Waals surface area contributed by atoms with Crippen LogP contribution in [0.25, 0.3) is 0 Å². The number of rotatable bonds is 14. The predicted molar refractivity (Wildman–Crippen MR) is 177 cm³/mol. The summed E-state index contributed by atoms with van der Waals surface area (Å²) in [6.07, 6.45) is 3.69. The topological polar surface area (TPSA) is 90.4 Å². The van der Waals surface area contributed by atoms with Gasteiger partial charge in [0, 0.05) is 31.0 Å². The highest BCUT2D eigenvalue weighted by Gasteiger charge is 2.77. The van der Waals surface area contributed by atoms with Gasteiger partial charge in [-0.1, -0.05) is 103 Å². The molecule has 1 N–H and O–H groups in total. The number of halogens is 1. The fourth-order valence-electron chi connectivity index (χ4n) is 7.61. The van der Waals surface area contributed by atoms with Crippen molar-refractivity contribution in [3.8, 4) is 0 Å². The van der Waals surface area contributed by atoms with E-state index in [0.29, 0.717) is 32.5 Å². The summed E-state index contributed by atoms with van der Waals surface area (Å²) >= 11 is 3.79. The molecule has 0 radical (unpaired) electrons. The van der Waals surface area contributed by atoms with Gasteiger partial charge in [0.15, 0.2) is 0 Å². The van der Waals surface area contributed by atoms with Crippen molar-refractivity contribution in [1.29, 1.82) is 0 Å². The molecule has 3 heterocycles. The number of carbonyl (C=O) groups excluding carboxylic acids is 3. The molecule has 1 spiro atoms. The van der Waals surface area contributed by atoms with Crippen molar-refractivity contribution < 1.29 is 24.2 Å². The maximum atomic E-state index is 14.8. The highest BCUT2D eigenvalue weighted by molar-refractivity contribution is 9.09. The van der Waals surface area contributed by atoms with Crippen molar-refractivity contribution in [2.24, 2.45) is 17.8 Å². The van der Waals surface area contributed by atoms with Crippen LogP contribution in [-0.2, 0) is 32.2 Å². The Morgan fingerprint density at radius 2 is 1.53 bits per heavy atom. The lowest BCUT2D eigenvalue weighted by molar-refractivity contribution is -0.152. The van der Waals surface area contributed by atoms with Crippen LogP contribution < -0.4 is 0 Å². The fraction of sp³-hybridized carbons (Fsp3) is 0.472. The summed E-state index contributed by atoms with van der Waals surface area (Å²) in [6.45, 7) is 12.8. The molecule has 3 amide bonds. The van der Waals surface area contributed by atoms with E-state index < -0.39 is 35.6 Å². The van der Waals surface area contributed by atoms with E-state index in [4.69, 9.17) is 4.74 Å². The highest BCUT2D eigenvalue weighted by Crippen LogP contribution is 2.61. The van der Waals surface area contributed by atoms with Crippen LogP contribution in [0.4, 0.5) is 0 Å². The molecule has 3 unspecified atom stereocenters. The third kappa shape index (κ3) is 6.27. The molecule has 2 aromatic carbocycles. The molecule has 5 rings (SSSR count). The van der Waals surface area contributed by atoms with Crippen LogP contribution >= 0.6 is 15.9 Å². The quantitative estimate of drug-likeness (QED) is 0.234. The van der Waals surface area contributed by atoms with E-state index in [1.165, 1.54) is 0 Å². The van der Waals surface area contributed by atoms with Crippen molar-refractivity contribution >= 4 is 33.7 Å². The van der Waals surface area contributed by atoms with Crippen molar-refractivity contribution in [3.63, 3.8) is 0 Å². The van der Waals surface area contributed by atoms with Gasteiger partial charge in [-0.25, -0.2) is 0 Å². The van der Waals surface area contributed by atoms with E-state index in [-0.39, 0.29) is 41.6 Å². The first-order chi connectivity index (χ1) is 21.7. The highest BCUT2D eigenvalue weighted by atomic mass is 79.9. The predicted octanol–water partition coefficient (Wildman–Crippen LogP) is 4.57. The van der Waals surface area contributed by atoms with Crippen LogP contribution in [0.2, 0.25) is 0 Å².